The molecule has 1 fully saturated rings. The van der Waals surface area contributed by atoms with Gasteiger partial charge in [0.15, 0.2) is 0 Å². The molecule has 0 unspecified atom stereocenters. The first-order chi connectivity index (χ1) is 12.4. The van der Waals surface area contributed by atoms with Crippen LogP contribution in [0.5, 0.6) is 5.75 Å². The van der Waals surface area contributed by atoms with Crippen LogP contribution in [0.2, 0.25) is 0 Å². The molecule has 0 bridgehead atoms. The summed E-state index contributed by atoms with van der Waals surface area (Å²) in [6, 6.07) is 11.3. The zero-order chi connectivity index (χ0) is 18.6. The van der Waals surface area contributed by atoms with Crippen LogP contribution in [0.1, 0.15) is 28.8 Å². The highest BCUT2D eigenvalue weighted by Crippen LogP contribution is 2.35. The summed E-state index contributed by atoms with van der Waals surface area (Å²) in [4.78, 5) is 12.3. The van der Waals surface area contributed by atoms with Gasteiger partial charge < -0.3 is 14.8 Å². The van der Waals surface area contributed by atoms with Gasteiger partial charge in [-0.25, -0.2) is 0 Å². The number of hydrogen-bond acceptors (Lipinski definition) is 3. The third-order valence-electron chi connectivity index (χ3n) is 4.04. The van der Waals surface area contributed by atoms with E-state index in [-0.39, 0.29) is 24.1 Å². The highest BCUT2D eigenvalue weighted by Gasteiger charge is 2.31. The predicted molar refractivity (Wildman–Crippen MR) is 90.3 cm³/mol. The number of carbonyl (C=O) groups is 1. The largest absolute Gasteiger partial charge is 0.489 e. The van der Waals surface area contributed by atoms with Gasteiger partial charge in [0.2, 0.25) is 0 Å². The standard InChI is InChI=1S/C19H18F3NO3/c20-19(21,22)14-8-9-17(26-12-15-7-4-10-25-15)16(11-14)23-18(24)13-5-2-1-3-6-13/h1-3,5-6,8-9,11,15H,4,7,10,12H2,(H,23,24)/t15-/m0/s1. The van der Waals surface area contributed by atoms with Crippen LogP contribution in [-0.4, -0.2) is 25.2 Å². The molecule has 1 atom stereocenters. The molecule has 3 rings (SSSR count). The zero-order valence-corrected chi connectivity index (χ0v) is 13.9. The molecule has 1 heterocycles. The van der Waals surface area contributed by atoms with Gasteiger partial charge >= 0.3 is 6.18 Å². The Bertz CT molecular complexity index is 756. The molecule has 1 aliphatic heterocycles. The summed E-state index contributed by atoms with van der Waals surface area (Å²) in [6.45, 7) is 0.873. The number of hydrogen-bond donors (Lipinski definition) is 1. The highest BCUT2D eigenvalue weighted by molar-refractivity contribution is 6.05. The first-order valence-electron chi connectivity index (χ1n) is 8.25. The molecule has 0 saturated carbocycles. The fraction of sp³-hybridized carbons (Fsp3) is 0.316. The van der Waals surface area contributed by atoms with E-state index in [4.69, 9.17) is 9.47 Å². The fourth-order valence-electron chi connectivity index (χ4n) is 2.67. The molecule has 4 nitrogen and oxygen atoms in total. The molecule has 0 spiro atoms. The maximum absolute atomic E-state index is 13.0. The van der Waals surface area contributed by atoms with Crippen molar-refractivity contribution in [1.82, 2.24) is 0 Å². The van der Waals surface area contributed by atoms with Gasteiger partial charge in [0.25, 0.3) is 5.91 Å². The Balaban J connectivity index is 1.82. The molecule has 2 aromatic rings. The van der Waals surface area contributed by atoms with Gasteiger partial charge in [-0.05, 0) is 43.2 Å². The summed E-state index contributed by atoms with van der Waals surface area (Å²) in [5.41, 5.74) is -0.535. The van der Waals surface area contributed by atoms with Crippen molar-refractivity contribution in [3.05, 3.63) is 59.7 Å². The summed E-state index contributed by atoms with van der Waals surface area (Å²) < 4.78 is 50.1. The van der Waals surface area contributed by atoms with Gasteiger partial charge in [-0.15, -0.1) is 0 Å². The number of amides is 1. The molecular formula is C19H18F3NO3. The number of alkyl halides is 3. The van der Waals surface area contributed by atoms with Crippen molar-refractivity contribution >= 4 is 11.6 Å². The normalized spacial score (nSPS) is 17.1. The van der Waals surface area contributed by atoms with E-state index in [1.165, 1.54) is 6.07 Å². The van der Waals surface area contributed by atoms with Crippen molar-refractivity contribution < 1.29 is 27.4 Å². The third-order valence-corrected chi connectivity index (χ3v) is 4.04. The van der Waals surface area contributed by atoms with Crippen molar-refractivity contribution in [2.45, 2.75) is 25.1 Å². The number of rotatable bonds is 5. The maximum Gasteiger partial charge on any atom is 0.416 e. The molecule has 1 N–H and O–H groups in total. The summed E-state index contributed by atoms with van der Waals surface area (Å²) in [7, 11) is 0. The third kappa shape index (κ3) is 4.54. The van der Waals surface area contributed by atoms with Crippen LogP contribution in [0.4, 0.5) is 18.9 Å². The number of halogens is 3. The smallest absolute Gasteiger partial charge is 0.416 e. The SMILES string of the molecule is O=C(Nc1cc(C(F)(F)F)ccc1OC[C@@H]1CCCO1)c1ccccc1. The lowest BCUT2D eigenvalue weighted by Crippen LogP contribution is -2.18. The zero-order valence-electron chi connectivity index (χ0n) is 13.9. The summed E-state index contributed by atoms with van der Waals surface area (Å²) in [5.74, 6) is -0.329. The van der Waals surface area contributed by atoms with Gasteiger partial charge in [0.05, 0.1) is 17.4 Å². The first-order valence-corrected chi connectivity index (χ1v) is 8.25. The molecule has 1 saturated heterocycles. The second-order valence-electron chi connectivity index (χ2n) is 5.97. The lowest BCUT2D eigenvalue weighted by atomic mass is 10.1. The van der Waals surface area contributed by atoms with E-state index in [0.29, 0.717) is 12.2 Å². The Kier molecular flexibility index (Phi) is 5.46. The van der Waals surface area contributed by atoms with Crippen LogP contribution >= 0.6 is 0 Å². The average Bonchev–Trinajstić information content (AvgIpc) is 3.14. The van der Waals surface area contributed by atoms with E-state index < -0.39 is 17.6 Å². The minimum atomic E-state index is -4.51. The molecule has 1 amide bonds. The highest BCUT2D eigenvalue weighted by atomic mass is 19.4. The minimum Gasteiger partial charge on any atom is -0.489 e. The molecule has 0 aliphatic carbocycles. The van der Waals surface area contributed by atoms with Crippen LogP contribution in [0.25, 0.3) is 0 Å². The number of carbonyl (C=O) groups excluding carboxylic acids is 1. The van der Waals surface area contributed by atoms with E-state index in [2.05, 4.69) is 5.32 Å². The van der Waals surface area contributed by atoms with Crippen LogP contribution in [0.15, 0.2) is 48.5 Å². The van der Waals surface area contributed by atoms with Crippen molar-refractivity contribution in [1.29, 1.82) is 0 Å². The van der Waals surface area contributed by atoms with Gasteiger partial charge in [-0.1, -0.05) is 18.2 Å². The second kappa shape index (κ2) is 7.78. The van der Waals surface area contributed by atoms with Crippen molar-refractivity contribution in [3.8, 4) is 5.75 Å². The summed E-state index contributed by atoms with van der Waals surface area (Å²) in [5, 5.41) is 2.51. The van der Waals surface area contributed by atoms with Crippen molar-refractivity contribution in [2.75, 3.05) is 18.5 Å². The van der Waals surface area contributed by atoms with Crippen LogP contribution in [0, 0.1) is 0 Å². The predicted octanol–water partition coefficient (Wildman–Crippen LogP) is 4.52. The maximum atomic E-state index is 13.0. The average molecular weight is 365 g/mol. The van der Waals surface area contributed by atoms with Crippen molar-refractivity contribution in [3.63, 3.8) is 0 Å². The molecule has 0 aromatic heterocycles. The Morgan fingerprint density at radius 3 is 2.62 bits per heavy atom. The number of anilines is 1. The monoisotopic (exact) mass is 365 g/mol. The Morgan fingerprint density at radius 1 is 1.19 bits per heavy atom. The lowest BCUT2D eigenvalue weighted by molar-refractivity contribution is -0.137. The van der Waals surface area contributed by atoms with Gasteiger partial charge in [0, 0.05) is 12.2 Å². The van der Waals surface area contributed by atoms with Crippen LogP contribution < -0.4 is 10.1 Å². The topological polar surface area (TPSA) is 47.6 Å². The van der Waals surface area contributed by atoms with Gasteiger partial charge in [-0.3, -0.25) is 4.79 Å². The molecule has 26 heavy (non-hydrogen) atoms. The fourth-order valence-corrected chi connectivity index (χ4v) is 2.67. The molecule has 0 radical (unpaired) electrons. The van der Waals surface area contributed by atoms with E-state index in [1.807, 2.05) is 0 Å². The molecule has 1 aliphatic rings. The number of nitrogens with one attached hydrogen (secondary N) is 1. The quantitative estimate of drug-likeness (QED) is 0.848. The number of benzene rings is 2. The summed E-state index contributed by atoms with van der Waals surface area (Å²) >= 11 is 0. The Hall–Kier alpha value is -2.54. The first kappa shape index (κ1) is 18.3. The van der Waals surface area contributed by atoms with Crippen molar-refractivity contribution in [2.24, 2.45) is 0 Å². The van der Waals surface area contributed by atoms with E-state index in [9.17, 15) is 18.0 Å². The van der Waals surface area contributed by atoms with Crippen LogP contribution in [-0.2, 0) is 10.9 Å². The lowest BCUT2D eigenvalue weighted by Gasteiger charge is -2.17. The molecule has 138 valence electrons. The molecular weight excluding hydrogens is 347 g/mol. The second-order valence-corrected chi connectivity index (χ2v) is 5.97. The van der Waals surface area contributed by atoms with E-state index in [1.54, 1.807) is 30.3 Å². The number of ether oxygens (including phenoxy) is 2. The molecule has 2 aromatic carbocycles. The Morgan fingerprint density at radius 2 is 1.96 bits per heavy atom. The van der Waals surface area contributed by atoms with E-state index >= 15 is 0 Å². The van der Waals surface area contributed by atoms with Gasteiger partial charge in [0.1, 0.15) is 12.4 Å². The van der Waals surface area contributed by atoms with Gasteiger partial charge in [-0.2, -0.15) is 13.2 Å². The summed E-state index contributed by atoms with van der Waals surface area (Å²) in [6.07, 6.45) is -2.83. The molecule has 7 heteroatoms. The van der Waals surface area contributed by atoms with Crippen LogP contribution in [0.3, 0.4) is 0 Å². The Labute approximate surface area is 148 Å². The van der Waals surface area contributed by atoms with E-state index in [0.717, 1.165) is 25.0 Å². The minimum absolute atomic E-state index is 0.0216.